The highest BCUT2D eigenvalue weighted by Gasteiger charge is 2.13. The Kier molecular flexibility index (Phi) is 19.6. The van der Waals surface area contributed by atoms with Gasteiger partial charge in [0, 0.05) is 6.42 Å². The van der Waals surface area contributed by atoms with Crippen LogP contribution in [0.4, 0.5) is 0 Å². The Morgan fingerprint density at radius 3 is 1.61 bits per heavy atom. The van der Waals surface area contributed by atoms with Crippen LogP contribution >= 0.6 is 0 Å². The molecule has 0 aromatic rings. The maximum atomic E-state index is 11.7. The Hall–Kier alpha value is -0.393. The molecule has 5 heteroatoms. The van der Waals surface area contributed by atoms with Crippen molar-refractivity contribution in [1.29, 1.82) is 0 Å². The lowest BCUT2D eigenvalue weighted by Gasteiger charge is -2.16. The number of rotatable bonds is 21. The minimum absolute atomic E-state index is 0.0926. The molecule has 4 nitrogen and oxygen atoms in total. The fourth-order valence-corrected chi connectivity index (χ4v) is 3.78. The fourth-order valence-electron chi connectivity index (χ4n) is 3.08. The van der Waals surface area contributed by atoms with Gasteiger partial charge in [0.05, 0.1) is 19.8 Å². The Morgan fingerprint density at radius 1 is 0.643 bits per heavy atom. The van der Waals surface area contributed by atoms with E-state index in [1.807, 2.05) is 0 Å². The Bertz CT molecular complexity index is 342. The summed E-state index contributed by atoms with van der Waals surface area (Å²) in [7, 11) is -1.45. The first-order chi connectivity index (χ1) is 13.5. The molecular formula is C23H48O4Si. The molecule has 0 unspecified atom stereocenters. The second-order valence-electron chi connectivity index (χ2n) is 8.79. The summed E-state index contributed by atoms with van der Waals surface area (Å²) in [5, 5.41) is 0. The maximum Gasteiger partial charge on any atom is 0.305 e. The third-order valence-corrected chi connectivity index (χ3v) is 5.81. The van der Waals surface area contributed by atoms with Crippen LogP contribution in [0.3, 0.4) is 0 Å². The number of hydrogen-bond donors (Lipinski definition) is 0. The van der Waals surface area contributed by atoms with E-state index in [0.29, 0.717) is 32.8 Å². The predicted octanol–water partition coefficient (Wildman–Crippen LogP) is 6.88. The van der Waals surface area contributed by atoms with Gasteiger partial charge in [0.1, 0.15) is 6.61 Å². The smallest absolute Gasteiger partial charge is 0.305 e. The molecule has 0 heterocycles. The van der Waals surface area contributed by atoms with Gasteiger partial charge in [-0.05, 0) is 26.1 Å². The van der Waals surface area contributed by atoms with Crippen LogP contribution in [0, 0.1) is 0 Å². The van der Waals surface area contributed by atoms with Gasteiger partial charge in [-0.3, -0.25) is 4.79 Å². The minimum atomic E-state index is -1.45. The van der Waals surface area contributed by atoms with Crippen LogP contribution in [0.5, 0.6) is 0 Å². The first kappa shape index (κ1) is 27.6. The summed E-state index contributed by atoms with van der Waals surface area (Å²) in [4.78, 5) is 11.7. The molecule has 0 saturated carbocycles. The molecule has 0 aliphatic carbocycles. The van der Waals surface area contributed by atoms with Crippen LogP contribution in [0.15, 0.2) is 0 Å². The number of carbonyl (C=O) groups excluding carboxylic acids is 1. The van der Waals surface area contributed by atoms with Crippen molar-refractivity contribution in [2.75, 3.05) is 26.4 Å². The number of carbonyl (C=O) groups is 1. The zero-order valence-corrected chi connectivity index (χ0v) is 20.4. The zero-order valence-electron chi connectivity index (χ0n) is 19.4. The van der Waals surface area contributed by atoms with Gasteiger partial charge in [0.15, 0.2) is 8.32 Å². The molecule has 0 rings (SSSR count). The first-order valence-electron chi connectivity index (χ1n) is 11.8. The summed E-state index contributed by atoms with van der Waals surface area (Å²) in [6, 6.07) is 0. The van der Waals surface area contributed by atoms with E-state index in [4.69, 9.17) is 13.9 Å². The molecule has 0 fully saturated rings. The van der Waals surface area contributed by atoms with Crippen LogP contribution in [-0.4, -0.2) is 40.7 Å². The van der Waals surface area contributed by atoms with Crippen molar-refractivity contribution in [1.82, 2.24) is 0 Å². The first-order valence-corrected chi connectivity index (χ1v) is 15.2. The van der Waals surface area contributed by atoms with Gasteiger partial charge in [-0.25, -0.2) is 0 Å². The van der Waals surface area contributed by atoms with Crippen LogP contribution in [-0.2, 0) is 18.7 Å². The van der Waals surface area contributed by atoms with Crippen molar-refractivity contribution < 1.29 is 18.7 Å². The molecular weight excluding hydrogens is 368 g/mol. The summed E-state index contributed by atoms with van der Waals surface area (Å²) in [5.41, 5.74) is 0. The fraction of sp³-hybridized carbons (Fsp3) is 0.957. The van der Waals surface area contributed by atoms with Gasteiger partial charge in [0.25, 0.3) is 0 Å². The van der Waals surface area contributed by atoms with Gasteiger partial charge >= 0.3 is 5.97 Å². The molecule has 28 heavy (non-hydrogen) atoms. The second kappa shape index (κ2) is 19.9. The molecule has 0 saturated heterocycles. The summed E-state index contributed by atoms with van der Waals surface area (Å²) in [6.07, 6.45) is 17.7. The summed E-state index contributed by atoms with van der Waals surface area (Å²) in [5.74, 6) is -0.0926. The van der Waals surface area contributed by atoms with Crippen LogP contribution < -0.4 is 0 Å². The highest BCUT2D eigenvalue weighted by Crippen LogP contribution is 2.13. The van der Waals surface area contributed by atoms with Crippen molar-refractivity contribution in [2.45, 2.75) is 116 Å². The third-order valence-electron chi connectivity index (χ3n) is 4.74. The molecule has 0 amide bonds. The van der Waals surface area contributed by atoms with Crippen LogP contribution in [0.2, 0.25) is 19.6 Å². The zero-order chi connectivity index (χ0) is 20.9. The van der Waals surface area contributed by atoms with Crippen molar-refractivity contribution >= 4 is 14.3 Å². The average molecular weight is 417 g/mol. The molecule has 0 spiro atoms. The topological polar surface area (TPSA) is 44.8 Å². The molecule has 168 valence electrons. The van der Waals surface area contributed by atoms with Crippen LogP contribution in [0.25, 0.3) is 0 Å². The van der Waals surface area contributed by atoms with E-state index in [0.717, 1.165) is 12.8 Å². The lowest BCUT2D eigenvalue weighted by molar-refractivity contribution is -0.145. The van der Waals surface area contributed by atoms with Gasteiger partial charge < -0.3 is 13.9 Å². The number of hydrogen-bond acceptors (Lipinski definition) is 4. The van der Waals surface area contributed by atoms with E-state index in [-0.39, 0.29) is 5.97 Å². The normalized spacial score (nSPS) is 11.7. The average Bonchev–Trinajstić information content (AvgIpc) is 2.64. The van der Waals surface area contributed by atoms with Crippen molar-refractivity contribution in [2.24, 2.45) is 0 Å². The van der Waals surface area contributed by atoms with E-state index >= 15 is 0 Å². The molecule has 0 aliphatic rings. The highest BCUT2D eigenvalue weighted by atomic mass is 28.4. The monoisotopic (exact) mass is 416 g/mol. The molecule has 0 aliphatic heterocycles. The number of ether oxygens (including phenoxy) is 2. The van der Waals surface area contributed by atoms with Gasteiger partial charge in [-0.2, -0.15) is 0 Å². The standard InChI is InChI=1S/C23H48O4Si/c1-5-6-7-8-9-10-11-12-13-14-15-16-17-18-23(24)26-21-19-25-20-22-27-28(2,3)4/h5-22H2,1-4H3. The molecule has 0 atom stereocenters. The second-order valence-corrected chi connectivity index (χ2v) is 13.3. The maximum absolute atomic E-state index is 11.7. The van der Waals surface area contributed by atoms with E-state index in [1.165, 1.54) is 70.6 Å². The summed E-state index contributed by atoms with van der Waals surface area (Å²) in [6.45, 7) is 10.8. The Labute approximate surface area is 176 Å². The predicted molar refractivity (Wildman–Crippen MR) is 121 cm³/mol. The van der Waals surface area contributed by atoms with E-state index in [1.54, 1.807) is 0 Å². The van der Waals surface area contributed by atoms with E-state index < -0.39 is 8.32 Å². The SMILES string of the molecule is CCCCCCCCCCCCCCCC(=O)OCCOCCO[Si](C)(C)C. The molecule has 0 N–H and O–H groups in total. The lowest BCUT2D eigenvalue weighted by atomic mass is 10.0. The van der Waals surface area contributed by atoms with Crippen LogP contribution in [0.1, 0.15) is 96.8 Å². The highest BCUT2D eigenvalue weighted by molar-refractivity contribution is 6.69. The Balaban J connectivity index is 3.19. The van der Waals surface area contributed by atoms with Gasteiger partial charge in [-0.1, -0.05) is 84.0 Å². The molecule has 0 bridgehead atoms. The minimum Gasteiger partial charge on any atom is -0.463 e. The number of esters is 1. The Morgan fingerprint density at radius 2 is 1.11 bits per heavy atom. The lowest BCUT2D eigenvalue weighted by Crippen LogP contribution is -2.27. The van der Waals surface area contributed by atoms with E-state index in [2.05, 4.69) is 26.6 Å². The number of unbranched alkanes of at least 4 members (excludes halogenated alkanes) is 12. The van der Waals surface area contributed by atoms with Gasteiger partial charge in [0.2, 0.25) is 0 Å². The molecule has 0 aromatic carbocycles. The quantitative estimate of drug-likeness (QED) is 0.116. The largest absolute Gasteiger partial charge is 0.463 e. The third kappa shape index (κ3) is 23.6. The summed E-state index contributed by atoms with van der Waals surface area (Å²) < 4.78 is 16.3. The van der Waals surface area contributed by atoms with Crippen molar-refractivity contribution in [3.63, 3.8) is 0 Å². The van der Waals surface area contributed by atoms with Crippen molar-refractivity contribution in [3.8, 4) is 0 Å². The van der Waals surface area contributed by atoms with Crippen molar-refractivity contribution in [3.05, 3.63) is 0 Å². The van der Waals surface area contributed by atoms with E-state index in [9.17, 15) is 4.79 Å². The van der Waals surface area contributed by atoms with Gasteiger partial charge in [-0.15, -0.1) is 0 Å². The summed E-state index contributed by atoms with van der Waals surface area (Å²) >= 11 is 0. The molecule has 0 aromatic heterocycles. The molecule has 0 radical (unpaired) electrons.